The Labute approximate surface area is 299 Å². The van der Waals surface area contributed by atoms with E-state index in [4.69, 9.17) is 19.4 Å². The zero-order chi connectivity index (χ0) is 35.2. The van der Waals surface area contributed by atoms with E-state index in [0.717, 1.165) is 44.5 Å². The lowest BCUT2D eigenvalue weighted by molar-refractivity contribution is 0.614. The van der Waals surface area contributed by atoms with Gasteiger partial charge in [0.05, 0.1) is 34.2 Å². The van der Waals surface area contributed by atoms with Crippen LogP contribution in [-0.4, -0.2) is 15.0 Å². The molecule has 0 saturated carbocycles. The summed E-state index contributed by atoms with van der Waals surface area (Å²) < 4.78 is 5.85. The third-order valence-electron chi connectivity index (χ3n) is 9.79. The van der Waals surface area contributed by atoms with Gasteiger partial charge in [0.1, 0.15) is 17.9 Å². The summed E-state index contributed by atoms with van der Waals surface area (Å²) in [6.07, 6.45) is 1.46. The lowest BCUT2D eigenvalue weighted by Gasteiger charge is -2.34. The first-order chi connectivity index (χ1) is 25.6. The highest BCUT2D eigenvalue weighted by molar-refractivity contribution is 6.06. The SMILES string of the molecule is N#Cc1cc(C#N)c2c(c1)C(c1ccccc1)(c1ccc(-c3nc(-c4ccccc4)nc(-c4ccccc4)n3)cc1)c1ccc3occ(C#N)c3c1-2. The van der Waals surface area contributed by atoms with Crippen LogP contribution >= 0.6 is 0 Å². The molecule has 0 radical (unpaired) electrons. The van der Waals surface area contributed by atoms with Gasteiger partial charge in [-0.1, -0.05) is 121 Å². The molecule has 7 nitrogen and oxygen atoms in total. The molecule has 6 aromatic carbocycles. The van der Waals surface area contributed by atoms with Crippen LogP contribution in [0.4, 0.5) is 0 Å². The minimum atomic E-state index is -0.954. The molecule has 0 aliphatic heterocycles. The fourth-order valence-electron chi connectivity index (χ4n) is 7.57. The van der Waals surface area contributed by atoms with Crippen LogP contribution in [0.2, 0.25) is 0 Å². The van der Waals surface area contributed by atoms with E-state index >= 15 is 0 Å². The molecular weight excluding hydrogens is 641 g/mol. The van der Waals surface area contributed by atoms with Gasteiger partial charge in [0.25, 0.3) is 0 Å². The summed E-state index contributed by atoms with van der Waals surface area (Å²) in [5, 5.41) is 31.5. The highest BCUT2D eigenvalue weighted by Crippen LogP contribution is 2.59. The van der Waals surface area contributed by atoms with Gasteiger partial charge in [0, 0.05) is 33.2 Å². The van der Waals surface area contributed by atoms with Crippen LogP contribution in [0.25, 0.3) is 56.3 Å². The van der Waals surface area contributed by atoms with Gasteiger partial charge >= 0.3 is 0 Å². The Morgan fingerprint density at radius 1 is 0.481 bits per heavy atom. The monoisotopic (exact) mass is 664 g/mol. The first-order valence-corrected chi connectivity index (χ1v) is 16.6. The Kier molecular flexibility index (Phi) is 7.04. The van der Waals surface area contributed by atoms with Gasteiger partial charge in [-0.2, -0.15) is 15.8 Å². The predicted octanol–water partition coefficient (Wildman–Crippen LogP) is 9.60. The molecule has 1 atom stereocenters. The minimum absolute atomic E-state index is 0.356. The molecule has 2 heterocycles. The Morgan fingerprint density at radius 2 is 1.02 bits per heavy atom. The predicted molar refractivity (Wildman–Crippen MR) is 197 cm³/mol. The molecule has 7 heteroatoms. The van der Waals surface area contributed by atoms with Crippen LogP contribution in [0.5, 0.6) is 0 Å². The van der Waals surface area contributed by atoms with E-state index in [1.165, 1.54) is 6.26 Å². The topological polar surface area (TPSA) is 123 Å². The largest absolute Gasteiger partial charge is 0.463 e. The van der Waals surface area contributed by atoms with Gasteiger partial charge in [0.15, 0.2) is 17.5 Å². The third kappa shape index (κ3) is 4.53. The molecule has 1 aliphatic rings. The minimum Gasteiger partial charge on any atom is -0.463 e. The normalized spacial score (nSPS) is 14.2. The standard InChI is InChI=1S/C45H24N6O/c46-24-28-22-32(25-47)39-37(23-28)45(34-14-8-3-9-15-34,36-20-21-38-40(41(36)39)33(26-48)27-52-38)35-18-16-31(17-19-35)44-50-42(29-10-4-1-5-11-29)49-43(51-44)30-12-6-2-7-13-30/h1-23,27H. The molecule has 0 saturated heterocycles. The molecule has 1 aliphatic carbocycles. The summed E-state index contributed by atoms with van der Waals surface area (Å²) >= 11 is 0. The van der Waals surface area contributed by atoms with Gasteiger partial charge in [-0.3, -0.25) is 0 Å². The molecule has 0 spiro atoms. The number of hydrogen-bond donors (Lipinski definition) is 0. The lowest BCUT2D eigenvalue weighted by atomic mass is 9.67. The summed E-state index contributed by atoms with van der Waals surface area (Å²) in [6, 6.07) is 52.2. The Balaban J connectivity index is 1.32. The van der Waals surface area contributed by atoms with Crippen molar-refractivity contribution in [2.75, 3.05) is 0 Å². The maximum absolute atomic E-state index is 10.5. The molecule has 8 aromatic rings. The Bertz CT molecular complexity index is 2750. The molecule has 2 aromatic heterocycles. The highest BCUT2D eigenvalue weighted by atomic mass is 16.3. The summed E-state index contributed by atoms with van der Waals surface area (Å²) in [4.78, 5) is 14.7. The van der Waals surface area contributed by atoms with Gasteiger partial charge < -0.3 is 4.42 Å². The van der Waals surface area contributed by atoms with Gasteiger partial charge in [0.2, 0.25) is 0 Å². The van der Waals surface area contributed by atoms with Crippen molar-refractivity contribution in [3.63, 3.8) is 0 Å². The highest BCUT2D eigenvalue weighted by Gasteiger charge is 2.48. The molecule has 0 amide bonds. The third-order valence-corrected chi connectivity index (χ3v) is 9.79. The van der Waals surface area contributed by atoms with Crippen LogP contribution < -0.4 is 0 Å². The van der Waals surface area contributed by atoms with E-state index in [1.807, 2.05) is 109 Å². The van der Waals surface area contributed by atoms with Crippen molar-refractivity contribution in [3.8, 4) is 63.5 Å². The maximum Gasteiger partial charge on any atom is 0.164 e. The number of benzene rings is 6. The van der Waals surface area contributed by atoms with E-state index in [-0.39, 0.29) is 0 Å². The van der Waals surface area contributed by atoms with Crippen LogP contribution in [0, 0.1) is 34.0 Å². The van der Waals surface area contributed by atoms with Crippen molar-refractivity contribution in [1.82, 2.24) is 15.0 Å². The van der Waals surface area contributed by atoms with Crippen LogP contribution in [0.3, 0.4) is 0 Å². The fourth-order valence-corrected chi connectivity index (χ4v) is 7.57. The molecule has 240 valence electrons. The average Bonchev–Trinajstić information content (AvgIpc) is 3.78. The molecule has 0 fully saturated rings. The van der Waals surface area contributed by atoms with E-state index in [9.17, 15) is 15.8 Å². The number of nitriles is 3. The van der Waals surface area contributed by atoms with E-state index in [0.29, 0.717) is 50.7 Å². The second-order valence-electron chi connectivity index (χ2n) is 12.5. The summed E-state index contributed by atoms with van der Waals surface area (Å²) in [5.41, 5.74) is 8.22. The van der Waals surface area contributed by atoms with Gasteiger partial charge in [-0.05, 0) is 40.5 Å². The number of nitrogens with zero attached hydrogens (tertiary/aromatic N) is 6. The van der Waals surface area contributed by atoms with Crippen molar-refractivity contribution in [1.29, 1.82) is 15.8 Å². The van der Waals surface area contributed by atoms with Crippen LogP contribution in [0.1, 0.15) is 38.9 Å². The van der Waals surface area contributed by atoms with Crippen molar-refractivity contribution in [3.05, 3.63) is 185 Å². The second kappa shape index (κ2) is 12.0. The van der Waals surface area contributed by atoms with E-state index in [2.05, 4.69) is 42.5 Å². The first kappa shape index (κ1) is 30.4. The Hall–Kier alpha value is -7.66. The quantitative estimate of drug-likeness (QED) is 0.179. The average molecular weight is 665 g/mol. The van der Waals surface area contributed by atoms with Gasteiger partial charge in [-0.25, -0.2) is 15.0 Å². The second-order valence-corrected chi connectivity index (χ2v) is 12.5. The number of rotatable bonds is 5. The fraction of sp³-hybridized carbons (Fsp3) is 0.0222. The van der Waals surface area contributed by atoms with Gasteiger partial charge in [-0.15, -0.1) is 0 Å². The van der Waals surface area contributed by atoms with Crippen molar-refractivity contribution in [2.24, 2.45) is 0 Å². The molecular formula is C45H24N6O. The number of hydrogen-bond acceptors (Lipinski definition) is 7. The zero-order valence-corrected chi connectivity index (χ0v) is 27.4. The molecule has 52 heavy (non-hydrogen) atoms. The zero-order valence-electron chi connectivity index (χ0n) is 27.4. The number of furan rings is 1. The lowest BCUT2D eigenvalue weighted by Crippen LogP contribution is -2.28. The van der Waals surface area contributed by atoms with Crippen LogP contribution in [0.15, 0.2) is 150 Å². The maximum atomic E-state index is 10.5. The Morgan fingerprint density at radius 3 is 1.58 bits per heavy atom. The molecule has 0 N–H and O–H groups in total. The van der Waals surface area contributed by atoms with E-state index in [1.54, 1.807) is 6.07 Å². The smallest absolute Gasteiger partial charge is 0.164 e. The number of fused-ring (bicyclic) bond motifs is 5. The first-order valence-electron chi connectivity index (χ1n) is 16.6. The van der Waals surface area contributed by atoms with Crippen molar-refractivity contribution >= 4 is 11.0 Å². The summed E-state index contributed by atoms with van der Waals surface area (Å²) in [5.74, 6) is 1.66. The molecule has 9 rings (SSSR count). The summed E-state index contributed by atoms with van der Waals surface area (Å²) in [7, 11) is 0. The molecule has 0 bridgehead atoms. The van der Waals surface area contributed by atoms with Crippen molar-refractivity contribution in [2.45, 2.75) is 5.41 Å². The molecule has 1 unspecified atom stereocenters. The van der Waals surface area contributed by atoms with E-state index < -0.39 is 5.41 Å². The van der Waals surface area contributed by atoms with Crippen molar-refractivity contribution < 1.29 is 4.42 Å². The summed E-state index contributed by atoms with van der Waals surface area (Å²) in [6.45, 7) is 0. The number of aromatic nitrogens is 3. The van der Waals surface area contributed by atoms with Crippen LogP contribution in [-0.2, 0) is 5.41 Å².